The summed E-state index contributed by atoms with van der Waals surface area (Å²) in [6.07, 6.45) is -3.70. The molecule has 1 aliphatic heterocycles. The third-order valence-electron chi connectivity index (χ3n) is 4.44. The van der Waals surface area contributed by atoms with Gasteiger partial charge in [0.2, 0.25) is 0 Å². The van der Waals surface area contributed by atoms with Crippen LogP contribution in [0.15, 0.2) is 54.6 Å². The average Bonchev–Trinajstić information content (AvgIpc) is 2.65. The molecule has 0 aromatic heterocycles. The largest absolute Gasteiger partial charge is 0.416 e. The van der Waals surface area contributed by atoms with Crippen LogP contribution in [0.1, 0.15) is 16.7 Å². The molecule has 2 aromatic rings. The summed E-state index contributed by atoms with van der Waals surface area (Å²) in [4.78, 5) is 13.7. The van der Waals surface area contributed by atoms with E-state index >= 15 is 0 Å². The molecule has 0 bridgehead atoms. The zero-order chi connectivity index (χ0) is 18.9. The van der Waals surface area contributed by atoms with Crippen molar-refractivity contribution in [2.75, 3.05) is 6.54 Å². The summed E-state index contributed by atoms with van der Waals surface area (Å²) in [6.45, 7) is 4.31. The van der Waals surface area contributed by atoms with E-state index in [0.29, 0.717) is 25.1 Å². The molecule has 1 aliphatic rings. The number of halogens is 3. The summed E-state index contributed by atoms with van der Waals surface area (Å²) in [5.41, 5.74) is 2.68. The van der Waals surface area contributed by atoms with Crippen LogP contribution in [0, 0.1) is 11.3 Å². The second-order valence-electron chi connectivity index (χ2n) is 6.13. The highest BCUT2D eigenvalue weighted by Gasteiger charge is 2.30. The molecule has 0 aliphatic carbocycles. The number of nitrogens with zero attached hydrogens (tertiary/aromatic N) is 2. The summed E-state index contributed by atoms with van der Waals surface area (Å²) in [5, 5.41) is 8.83. The Bertz CT molecular complexity index is 908. The lowest BCUT2D eigenvalue weighted by Crippen LogP contribution is -2.36. The predicted molar refractivity (Wildman–Crippen MR) is 90.8 cm³/mol. The lowest BCUT2D eigenvalue weighted by molar-refractivity contribution is -0.137. The van der Waals surface area contributed by atoms with Crippen LogP contribution in [0.2, 0.25) is 0 Å². The fourth-order valence-corrected chi connectivity index (χ4v) is 3.00. The Labute approximate surface area is 149 Å². The van der Waals surface area contributed by atoms with Gasteiger partial charge in [0.1, 0.15) is 11.6 Å². The number of hydrogen-bond donors (Lipinski definition) is 0. The van der Waals surface area contributed by atoms with Gasteiger partial charge in [-0.25, -0.2) is 0 Å². The van der Waals surface area contributed by atoms with E-state index in [1.54, 1.807) is 11.0 Å². The molecule has 0 spiro atoms. The first-order chi connectivity index (χ1) is 12.3. The van der Waals surface area contributed by atoms with E-state index in [-0.39, 0.29) is 5.57 Å². The molecule has 0 saturated carbocycles. The van der Waals surface area contributed by atoms with E-state index < -0.39 is 17.6 Å². The van der Waals surface area contributed by atoms with Gasteiger partial charge in [-0.05, 0) is 46.9 Å². The minimum atomic E-state index is -4.36. The minimum Gasteiger partial charge on any atom is -0.333 e. The minimum absolute atomic E-state index is 0.104. The molecular formula is C20H15F3N2O. The first kappa shape index (κ1) is 17.7. The second kappa shape index (κ2) is 6.68. The van der Waals surface area contributed by atoms with Gasteiger partial charge in [-0.1, -0.05) is 30.8 Å². The molecule has 0 N–H and O–H groups in total. The summed E-state index contributed by atoms with van der Waals surface area (Å²) in [7, 11) is 0. The van der Waals surface area contributed by atoms with Crippen LogP contribution in [-0.4, -0.2) is 17.4 Å². The normalized spacial score (nSPS) is 13.7. The molecule has 0 unspecified atom stereocenters. The quantitative estimate of drug-likeness (QED) is 0.594. The van der Waals surface area contributed by atoms with E-state index in [9.17, 15) is 18.0 Å². The average molecular weight is 356 g/mol. The van der Waals surface area contributed by atoms with Crippen LogP contribution >= 0.6 is 0 Å². The Hall–Kier alpha value is -3.07. The molecule has 6 heteroatoms. The fraction of sp³-hybridized carbons (Fsp3) is 0.200. The predicted octanol–water partition coefficient (Wildman–Crippen LogP) is 4.34. The van der Waals surface area contributed by atoms with Crippen molar-refractivity contribution >= 4 is 5.91 Å². The second-order valence-corrected chi connectivity index (χ2v) is 6.13. The van der Waals surface area contributed by atoms with Gasteiger partial charge in [0.25, 0.3) is 5.91 Å². The van der Waals surface area contributed by atoms with Crippen LogP contribution in [0.3, 0.4) is 0 Å². The number of carbonyl (C=O) groups excluding carboxylic acids is 1. The Balaban J connectivity index is 1.86. The maximum atomic E-state index is 12.7. The monoisotopic (exact) mass is 356 g/mol. The number of hydrogen-bond acceptors (Lipinski definition) is 2. The lowest BCUT2D eigenvalue weighted by Gasteiger charge is -2.29. The van der Waals surface area contributed by atoms with E-state index in [1.165, 1.54) is 12.1 Å². The molecule has 0 radical (unpaired) electrons. The molecule has 132 valence electrons. The van der Waals surface area contributed by atoms with Gasteiger partial charge in [0.05, 0.1) is 5.56 Å². The van der Waals surface area contributed by atoms with Gasteiger partial charge in [-0.2, -0.15) is 18.4 Å². The summed E-state index contributed by atoms with van der Waals surface area (Å²) < 4.78 is 38.1. The van der Waals surface area contributed by atoms with Crippen molar-refractivity contribution in [3.8, 4) is 17.2 Å². The summed E-state index contributed by atoms with van der Waals surface area (Å²) in [5.74, 6) is -0.391. The van der Waals surface area contributed by atoms with Gasteiger partial charge in [0, 0.05) is 13.1 Å². The fourth-order valence-electron chi connectivity index (χ4n) is 3.00. The third kappa shape index (κ3) is 3.47. The van der Waals surface area contributed by atoms with Gasteiger partial charge in [0.15, 0.2) is 0 Å². The number of benzene rings is 2. The zero-order valence-corrected chi connectivity index (χ0v) is 13.8. The van der Waals surface area contributed by atoms with Crippen molar-refractivity contribution in [2.45, 2.75) is 19.1 Å². The third-order valence-corrected chi connectivity index (χ3v) is 4.44. The molecule has 26 heavy (non-hydrogen) atoms. The summed E-state index contributed by atoms with van der Waals surface area (Å²) in [6, 6.07) is 12.4. The highest BCUT2D eigenvalue weighted by Crippen LogP contribution is 2.32. The highest BCUT2D eigenvalue weighted by atomic mass is 19.4. The maximum Gasteiger partial charge on any atom is 0.416 e. The number of nitriles is 1. The molecule has 0 atom stereocenters. The van der Waals surface area contributed by atoms with Crippen molar-refractivity contribution in [3.05, 3.63) is 71.3 Å². The molecule has 0 saturated heterocycles. The number of fused-ring (bicyclic) bond motifs is 1. The van der Waals surface area contributed by atoms with Gasteiger partial charge in [-0.15, -0.1) is 0 Å². The van der Waals surface area contributed by atoms with Gasteiger partial charge >= 0.3 is 6.18 Å². The van der Waals surface area contributed by atoms with Crippen LogP contribution in [0.5, 0.6) is 0 Å². The Morgan fingerprint density at radius 2 is 1.73 bits per heavy atom. The van der Waals surface area contributed by atoms with Gasteiger partial charge in [-0.3, -0.25) is 4.79 Å². The molecule has 3 rings (SSSR count). The number of alkyl halides is 3. The topological polar surface area (TPSA) is 44.1 Å². The molecule has 1 amide bonds. The van der Waals surface area contributed by atoms with Crippen molar-refractivity contribution in [1.82, 2.24) is 4.90 Å². The van der Waals surface area contributed by atoms with Gasteiger partial charge < -0.3 is 4.90 Å². The number of carbonyl (C=O) groups is 1. The standard InChI is InChI=1S/C20H15F3N2O/c1-13(11-24)19(26)25-9-8-15-2-3-16(10-17(15)12-25)14-4-6-18(7-5-14)20(21,22)23/h2-7,10H,1,8-9,12H2. The first-order valence-electron chi connectivity index (χ1n) is 7.97. The number of amides is 1. The molecular weight excluding hydrogens is 341 g/mol. The van der Waals surface area contributed by atoms with Crippen LogP contribution in [0.4, 0.5) is 13.2 Å². The van der Waals surface area contributed by atoms with E-state index in [4.69, 9.17) is 5.26 Å². The first-order valence-corrected chi connectivity index (χ1v) is 7.97. The molecule has 0 fully saturated rings. The van der Waals surface area contributed by atoms with E-state index in [2.05, 4.69) is 6.58 Å². The zero-order valence-electron chi connectivity index (χ0n) is 13.8. The highest BCUT2D eigenvalue weighted by molar-refractivity contribution is 5.96. The van der Waals surface area contributed by atoms with Crippen LogP contribution < -0.4 is 0 Å². The smallest absolute Gasteiger partial charge is 0.333 e. The SMILES string of the molecule is C=C(C#N)C(=O)N1CCc2ccc(-c3ccc(C(F)(F)F)cc3)cc2C1. The van der Waals surface area contributed by atoms with E-state index in [1.807, 2.05) is 18.2 Å². The molecule has 1 heterocycles. The molecule has 3 nitrogen and oxygen atoms in total. The van der Waals surface area contributed by atoms with Crippen molar-refractivity contribution in [3.63, 3.8) is 0 Å². The summed E-state index contributed by atoms with van der Waals surface area (Å²) >= 11 is 0. The van der Waals surface area contributed by atoms with Crippen molar-refractivity contribution in [1.29, 1.82) is 5.26 Å². The van der Waals surface area contributed by atoms with Crippen LogP contribution in [0.25, 0.3) is 11.1 Å². The van der Waals surface area contributed by atoms with Crippen LogP contribution in [-0.2, 0) is 23.9 Å². The maximum absolute atomic E-state index is 12.7. The Morgan fingerprint density at radius 1 is 1.08 bits per heavy atom. The van der Waals surface area contributed by atoms with E-state index in [0.717, 1.165) is 28.8 Å². The number of rotatable bonds is 2. The van der Waals surface area contributed by atoms with Crippen molar-refractivity contribution < 1.29 is 18.0 Å². The lowest BCUT2D eigenvalue weighted by atomic mass is 9.94. The van der Waals surface area contributed by atoms with Crippen molar-refractivity contribution in [2.24, 2.45) is 0 Å². The Morgan fingerprint density at radius 3 is 2.35 bits per heavy atom. The molecule has 2 aromatic carbocycles. The Kier molecular flexibility index (Phi) is 4.56.